The molecule has 0 aliphatic rings. The number of anilines is 1. The Morgan fingerprint density at radius 3 is 2.35 bits per heavy atom. The molecule has 2 rings (SSSR count). The zero-order chi connectivity index (χ0) is 16.8. The third kappa shape index (κ3) is 4.19. The molecule has 0 fully saturated rings. The SMILES string of the molecule is CCCOc1c(CNc2c(C)cc(C)cc2C)cccc1OC. The highest BCUT2D eigenvalue weighted by Crippen LogP contribution is 2.32. The van der Waals surface area contributed by atoms with Gasteiger partial charge in [-0.2, -0.15) is 0 Å². The lowest BCUT2D eigenvalue weighted by molar-refractivity contribution is 0.291. The topological polar surface area (TPSA) is 30.5 Å². The number of methoxy groups -OCH3 is 1. The Morgan fingerprint density at radius 2 is 1.74 bits per heavy atom. The largest absolute Gasteiger partial charge is 0.493 e. The van der Waals surface area contributed by atoms with Gasteiger partial charge >= 0.3 is 0 Å². The monoisotopic (exact) mass is 313 g/mol. The van der Waals surface area contributed by atoms with Gasteiger partial charge in [0.25, 0.3) is 0 Å². The van der Waals surface area contributed by atoms with Crippen LogP contribution in [0.3, 0.4) is 0 Å². The average molecular weight is 313 g/mol. The molecule has 0 unspecified atom stereocenters. The summed E-state index contributed by atoms with van der Waals surface area (Å²) in [7, 11) is 1.68. The van der Waals surface area contributed by atoms with E-state index in [0.717, 1.165) is 23.5 Å². The molecular formula is C20H27NO2. The van der Waals surface area contributed by atoms with Crippen molar-refractivity contribution in [2.24, 2.45) is 0 Å². The maximum Gasteiger partial charge on any atom is 0.166 e. The number of para-hydroxylation sites is 1. The van der Waals surface area contributed by atoms with E-state index in [1.165, 1.54) is 22.4 Å². The summed E-state index contributed by atoms with van der Waals surface area (Å²) in [5, 5.41) is 3.56. The van der Waals surface area contributed by atoms with Crippen LogP contribution in [0.5, 0.6) is 11.5 Å². The molecule has 124 valence electrons. The first-order valence-electron chi connectivity index (χ1n) is 8.17. The minimum Gasteiger partial charge on any atom is -0.493 e. The number of nitrogens with one attached hydrogen (secondary N) is 1. The van der Waals surface area contributed by atoms with Crippen LogP contribution in [0, 0.1) is 20.8 Å². The standard InChI is InChI=1S/C20H27NO2/c1-6-10-23-20-17(8-7-9-18(20)22-5)13-21-19-15(3)11-14(2)12-16(19)4/h7-9,11-12,21H,6,10,13H2,1-5H3. The van der Waals surface area contributed by atoms with E-state index in [2.05, 4.69) is 51.2 Å². The summed E-state index contributed by atoms with van der Waals surface area (Å²) >= 11 is 0. The van der Waals surface area contributed by atoms with Gasteiger partial charge < -0.3 is 14.8 Å². The van der Waals surface area contributed by atoms with E-state index in [-0.39, 0.29) is 0 Å². The van der Waals surface area contributed by atoms with Gasteiger partial charge in [0.2, 0.25) is 0 Å². The lowest BCUT2D eigenvalue weighted by atomic mass is 10.0. The zero-order valence-electron chi connectivity index (χ0n) is 14.8. The summed E-state index contributed by atoms with van der Waals surface area (Å²) in [6.45, 7) is 9.91. The van der Waals surface area contributed by atoms with Crippen molar-refractivity contribution >= 4 is 5.69 Å². The number of ether oxygens (including phenoxy) is 2. The molecule has 0 saturated carbocycles. The highest BCUT2D eigenvalue weighted by molar-refractivity contribution is 5.59. The molecule has 1 N–H and O–H groups in total. The molecule has 2 aromatic carbocycles. The third-order valence-electron chi connectivity index (χ3n) is 3.86. The molecule has 0 bridgehead atoms. The molecule has 3 heteroatoms. The van der Waals surface area contributed by atoms with Gasteiger partial charge in [-0.15, -0.1) is 0 Å². The highest BCUT2D eigenvalue weighted by Gasteiger charge is 2.11. The molecule has 0 aliphatic carbocycles. The third-order valence-corrected chi connectivity index (χ3v) is 3.86. The zero-order valence-corrected chi connectivity index (χ0v) is 14.8. The average Bonchev–Trinajstić information content (AvgIpc) is 2.52. The van der Waals surface area contributed by atoms with Crippen LogP contribution in [-0.4, -0.2) is 13.7 Å². The van der Waals surface area contributed by atoms with E-state index < -0.39 is 0 Å². The van der Waals surface area contributed by atoms with Crippen molar-refractivity contribution in [3.63, 3.8) is 0 Å². The molecule has 0 spiro atoms. The Labute approximate surface area is 139 Å². The van der Waals surface area contributed by atoms with E-state index in [1.54, 1.807) is 7.11 Å². The van der Waals surface area contributed by atoms with Gasteiger partial charge in [-0.1, -0.05) is 36.8 Å². The summed E-state index contributed by atoms with van der Waals surface area (Å²) in [4.78, 5) is 0. The van der Waals surface area contributed by atoms with Crippen molar-refractivity contribution in [1.82, 2.24) is 0 Å². The van der Waals surface area contributed by atoms with Crippen LogP contribution in [0.1, 0.15) is 35.6 Å². The van der Waals surface area contributed by atoms with Crippen LogP contribution in [0.2, 0.25) is 0 Å². The molecular weight excluding hydrogens is 286 g/mol. The van der Waals surface area contributed by atoms with Crippen molar-refractivity contribution < 1.29 is 9.47 Å². The number of rotatable bonds is 7. The Kier molecular flexibility index (Phi) is 5.91. The second-order valence-corrected chi connectivity index (χ2v) is 5.92. The van der Waals surface area contributed by atoms with Gasteiger partial charge in [-0.3, -0.25) is 0 Å². The van der Waals surface area contributed by atoms with Gasteiger partial charge in [0.05, 0.1) is 13.7 Å². The van der Waals surface area contributed by atoms with Crippen molar-refractivity contribution in [2.45, 2.75) is 40.7 Å². The first kappa shape index (κ1) is 17.2. The maximum atomic E-state index is 5.91. The number of hydrogen-bond donors (Lipinski definition) is 1. The van der Waals surface area contributed by atoms with Crippen LogP contribution in [0.4, 0.5) is 5.69 Å². The smallest absolute Gasteiger partial charge is 0.166 e. The van der Waals surface area contributed by atoms with Crippen LogP contribution in [0.15, 0.2) is 30.3 Å². The highest BCUT2D eigenvalue weighted by atomic mass is 16.5. The lowest BCUT2D eigenvalue weighted by Gasteiger charge is -2.17. The predicted octanol–water partition coefficient (Wildman–Crippen LogP) is 5.02. The molecule has 0 heterocycles. The first-order valence-corrected chi connectivity index (χ1v) is 8.17. The fourth-order valence-electron chi connectivity index (χ4n) is 2.87. The van der Waals surface area contributed by atoms with Crippen LogP contribution < -0.4 is 14.8 Å². The van der Waals surface area contributed by atoms with E-state index in [9.17, 15) is 0 Å². The van der Waals surface area contributed by atoms with E-state index in [4.69, 9.17) is 9.47 Å². The van der Waals surface area contributed by atoms with Gasteiger partial charge in [-0.25, -0.2) is 0 Å². The number of aryl methyl sites for hydroxylation is 3. The second kappa shape index (κ2) is 7.91. The first-order chi connectivity index (χ1) is 11.1. The molecule has 23 heavy (non-hydrogen) atoms. The summed E-state index contributed by atoms with van der Waals surface area (Å²) in [6.07, 6.45) is 0.973. The Hall–Kier alpha value is -2.16. The predicted molar refractivity (Wildman–Crippen MR) is 96.8 cm³/mol. The quantitative estimate of drug-likeness (QED) is 0.778. The van der Waals surface area contributed by atoms with Crippen molar-refractivity contribution in [3.8, 4) is 11.5 Å². The molecule has 0 saturated heterocycles. The Balaban J connectivity index is 2.23. The Bertz CT molecular complexity index is 642. The normalized spacial score (nSPS) is 10.5. The lowest BCUT2D eigenvalue weighted by Crippen LogP contribution is -2.07. The summed E-state index contributed by atoms with van der Waals surface area (Å²) in [6, 6.07) is 10.4. The summed E-state index contributed by atoms with van der Waals surface area (Å²) in [5.74, 6) is 1.63. The maximum absolute atomic E-state index is 5.91. The van der Waals surface area contributed by atoms with Gasteiger partial charge in [0.1, 0.15) is 0 Å². The Morgan fingerprint density at radius 1 is 1.04 bits per heavy atom. The van der Waals surface area contributed by atoms with E-state index in [0.29, 0.717) is 13.2 Å². The molecule has 0 radical (unpaired) electrons. The van der Waals surface area contributed by atoms with Crippen molar-refractivity contribution in [3.05, 3.63) is 52.6 Å². The van der Waals surface area contributed by atoms with Crippen LogP contribution >= 0.6 is 0 Å². The van der Waals surface area contributed by atoms with E-state index in [1.807, 2.05) is 12.1 Å². The fraction of sp³-hybridized carbons (Fsp3) is 0.400. The minimum atomic E-state index is 0.690. The van der Waals surface area contributed by atoms with Crippen LogP contribution in [-0.2, 0) is 6.54 Å². The van der Waals surface area contributed by atoms with Crippen molar-refractivity contribution in [1.29, 1.82) is 0 Å². The van der Waals surface area contributed by atoms with Crippen LogP contribution in [0.25, 0.3) is 0 Å². The van der Waals surface area contributed by atoms with Crippen molar-refractivity contribution in [2.75, 3.05) is 19.0 Å². The molecule has 0 atom stereocenters. The number of hydrogen-bond acceptors (Lipinski definition) is 3. The number of benzene rings is 2. The van der Waals surface area contributed by atoms with E-state index >= 15 is 0 Å². The van der Waals surface area contributed by atoms with Gasteiger partial charge in [0, 0.05) is 17.8 Å². The summed E-state index contributed by atoms with van der Waals surface area (Å²) < 4.78 is 11.4. The molecule has 0 aliphatic heterocycles. The molecule has 0 amide bonds. The molecule has 2 aromatic rings. The fourth-order valence-corrected chi connectivity index (χ4v) is 2.87. The second-order valence-electron chi connectivity index (χ2n) is 5.92. The van der Waals surface area contributed by atoms with Gasteiger partial charge in [-0.05, 0) is 44.4 Å². The minimum absolute atomic E-state index is 0.690. The molecule has 3 nitrogen and oxygen atoms in total. The van der Waals surface area contributed by atoms with Gasteiger partial charge in [0.15, 0.2) is 11.5 Å². The molecule has 0 aromatic heterocycles. The summed E-state index contributed by atoms with van der Waals surface area (Å²) in [5.41, 5.74) is 6.12.